The molecule has 1 aliphatic carbocycles. The molecule has 0 saturated heterocycles. The van der Waals surface area contributed by atoms with Crippen LogP contribution in [0.4, 0.5) is 0 Å². The first-order chi connectivity index (χ1) is 10.3. The number of hydrogen-bond acceptors (Lipinski definition) is 3. The summed E-state index contributed by atoms with van der Waals surface area (Å²) in [6.45, 7) is 0. The van der Waals surface area contributed by atoms with E-state index < -0.39 is 0 Å². The van der Waals surface area contributed by atoms with Crippen LogP contribution < -0.4 is 5.32 Å². The van der Waals surface area contributed by atoms with Gasteiger partial charge in [0, 0.05) is 17.2 Å². The van der Waals surface area contributed by atoms with E-state index in [0.29, 0.717) is 6.04 Å². The van der Waals surface area contributed by atoms with Crippen molar-refractivity contribution in [3.05, 3.63) is 54.1 Å². The summed E-state index contributed by atoms with van der Waals surface area (Å²) in [5.41, 5.74) is 2.78. The summed E-state index contributed by atoms with van der Waals surface area (Å²) in [7, 11) is 0. The Kier molecular flexibility index (Phi) is 2.97. The minimum atomic E-state index is 0.0223. The lowest BCUT2D eigenvalue weighted by molar-refractivity contribution is 0.0951. The van der Waals surface area contributed by atoms with Gasteiger partial charge < -0.3 is 5.32 Å². The fourth-order valence-corrected chi connectivity index (χ4v) is 3.28. The molecule has 1 N–H and O–H groups in total. The van der Waals surface area contributed by atoms with E-state index in [2.05, 4.69) is 22.4 Å². The van der Waals surface area contributed by atoms with Gasteiger partial charge in [-0.3, -0.25) is 4.79 Å². The Bertz CT molecular complexity index is 806. The van der Waals surface area contributed by atoms with E-state index >= 15 is 0 Å². The van der Waals surface area contributed by atoms with E-state index in [9.17, 15) is 4.79 Å². The molecule has 0 aliphatic heterocycles. The molecule has 3 nitrogen and oxygen atoms in total. The predicted octanol–water partition coefficient (Wildman–Crippen LogP) is 3.86. The van der Waals surface area contributed by atoms with Gasteiger partial charge in [0.2, 0.25) is 0 Å². The molecule has 1 aliphatic rings. The third kappa shape index (κ3) is 2.54. The summed E-state index contributed by atoms with van der Waals surface area (Å²) < 4.78 is 1.05. The van der Waals surface area contributed by atoms with E-state index in [-0.39, 0.29) is 5.91 Å². The smallest absolute Gasteiger partial charge is 0.251 e. The van der Waals surface area contributed by atoms with Crippen LogP contribution in [0.25, 0.3) is 20.8 Å². The van der Waals surface area contributed by atoms with Crippen LogP contribution in [-0.2, 0) is 0 Å². The van der Waals surface area contributed by atoms with Crippen molar-refractivity contribution in [3.63, 3.8) is 0 Å². The number of hydrogen-bond donors (Lipinski definition) is 1. The molecule has 0 spiro atoms. The highest BCUT2D eigenvalue weighted by molar-refractivity contribution is 7.21. The molecule has 4 heteroatoms. The van der Waals surface area contributed by atoms with Crippen LogP contribution in [-0.4, -0.2) is 16.9 Å². The molecule has 2 aromatic carbocycles. The highest BCUT2D eigenvalue weighted by atomic mass is 32.1. The number of carbonyl (C=O) groups is 1. The molecule has 4 rings (SSSR count). The quantitative estimate of drug-likeness (QED) is 0.797. The van der Waals surface area contributed by atoms with E-state index in [1.54, 1.807) is 11.3 Å². The Morgan fingerprint density at radius 2 is 1.95 bits per heavy atom. The fourth-order valence-electron chi connectivity index (χ4n) is 2.27. The second-order valence-corrected chi connectivity index (χ2v) is 6.35. The lowest BCUT2D eigenvalue weighted by atomic mass is 10.2. The van der Waals surface area contributed by atoms with Crippen LogP contribution in [0.1, 0.15) is 23.2 Å². The third-order valence-corrected chi connectivity index (χ3v) is 4.65. The second-order valence-electron chi connectivity index (χ2n) is 5.32. The molecule has 0 radical (unpaired) electrons. The minimum Gasteiger partial charge on any atom is -0.349 e. The zero-order valence-electron chi connectivity index (χ0n) is 11.4. The molecule has 1 fully saturated rings. The summed E-state index contributed by atoms with van der Waals surface area (Å²) >= 11 is 1.63. The molecule has 1 amide bonds. The lowest BCUT2D eigenvalue weighted by Gasteiger charge is -2.02. The van der Waals surface area contributed by atoms with Gasteiger partial charge in [0.25, 0.3) is 5.91 Å². The van der Waals surface area contributed by atoms with Crippen LogP contribution in [0.3, 0.4) is 0 Å². The lowest BCUT2D eigenvalue weighted by Crippen LogP contribution is -2.25. The first-order valence-corrected chi connectivity index (χ1v) is 7.88. The van der Waals surface area contributed by atoms with Crippen molar-refractivity contribution in [3.8, 4) is 10.6 Å². The Morgan fingerprint density at radius 1 is 1.14 bits per heavy atom. The average molecular weight is 294 g/mol. The van der Waals surface area contributed by atoms with Gasteiger partial charge in [0.05, 0.1) is 10.2 Å². The van der Waals surface area contributed by atoms with Crippen LogP contribution in [0.2, 0.25) is 0 Å². The average Bonchev–Trinajstić information content (AvgIpc) is 3.23. The van der Waals surface area contributed by atoms with Crippen molar-refractivity contribution in [1.29, 1.82) is 0 Å². The van der Waals surface area contributed by atoms with Crippen LogP contribution in [0, 0.1) is 0 Å². The third-order valence-electron chi connectivity index (χ3n) is 3.58. The summed E-state index contributed by atoms with van der Waals surface area (Å²) in [6, 6.07) is 16.2. The Hall–Kier alpha value is -2.20. The van der Waals surface area contributed by atoms with Gasteiger partial charge in [-0.25, -0.2) is 4.98 Å². The van der Waals surface area contributed by atoms with Crippen molar-refractivity contribution < 1.29 is 4.79 Å². The number of nitrogens with one attached hydrogen (secondary N) is 1. The predicted molar refractivity (Wildman–Crippen MR) is 85.5 cm³/mol. The highest BCUT2D eigenvalue weighted by Crippen LogP contribution is 2.30. The normalized spacial score (nSPS) is 14.3. The number of rotatable bonds is 3. The molecule has 1 heterocycles. The number of nitrogens with zero attached hydrogens (tertiary/aromatic N) is 1. The molecule has 104 valence electrons. The maximum atomic E-state index is 12.1. The molecule has 21 heavy (non-hydrogen) atoms. The Labute approximate surface area is 126 Å². The van der Waals surface area contributed by atoms with Crippen LogP contribution >= 0.6 is 11.3 Å². The SMILES string of the molecule is O=C(NC1CC1)c1ccc2nc(-c3ccccc3)sc2c1. The molecular formula is C17H14N2OS. The summed E-state index contributed by atoms with van der Waals surface area (Å²) in [4.78, 5) is 16.7. The van der Waals surface area contributed by atoms with Gasteiger partial charge in [-0.2, -0.15) is 0 Å². The fraction of sp³-hybridized carbons (Fsp3) is 0.176. The molecule has 1 saturated carbocycles. The highest BCUT2D eigenvalue weighted by Gasteiger charge is 2.23. The van der Waals surface area contributed by atoms with Gasteiger partial charge in [0.1, 0.15) is 5.01 Å². The van der Waals surface area contributed by atoms with Crippen molar-refractivity contribution in [2.45, 2.75) is 18.9 Å². The minimum absolute atomic E-state index is 0.0223. The molecule has 0 atom stereocenters. The van der Waals surface area contributed by atoms with Crippen LogP contribution in [0.5, 0.6) is 0 Å². The summed E-state index contributed by atoms with van der Waals surface area (Å²) in [6.07, 6.45) is 2.21. The number of fused-ring (bicyclic) bond motifs is 1. The first-order valence-electron chi connectivity index (χ1n) is 7.06. The monoisotopic (exact) mass is 294 g/mol. The molecule has 1 aromatic heterocycles. The second kappa shape index (κ2) is 4.97. The molecular weight excluding hydrogens is 280 g/mol. The van der Waals surface area contributed by atoms with E-state index in [1.807, 2.05) is 36.4 Å². The molecule has 0 bridgehead atoms. The van der Waals surface area contributed by atoms with Crippen molar-refractivity contribution in [2.24, 2.45) is 0 Å². The van der Waals surface area contributed by atoms with Gasteiger partial charge >= 0.3 is 0 Å². The Morgan fingerprint density at radius 3 is 2.71 bits per heavy atom. The number of amides is 1. The van der Waals surface area contributed by atoms with Gasteiger partial charge in [-0.05, 0) is 31.0 Å². The van der Waals surface area contributed by atoms with E-state index in [0.717, 1.165) is 39.2 Å². The summed E-state index contributed by atoms with van der Waals surface area (Å²) in [5.74, 6) is 0.0223. The maximum Gasteiger partial charge on any atom is 0.251 e. The van der Waals surface area contributed by atoms with Crippen LogP contribution in [0.15, 0.2) is 48.5 Å². The van der Waals surface area contributed by atoms with Crippen molar-refractivity contribution in [2.75, 3.05) is 0 Å². The van der Waals surface area contributed by atoms with Gasteiger partial charge in [0.15, 0.2) is 0 Å². The van der Waals surface area contributed by atoms with Crippen molar-refractivity contribution >= 4 is 27.5 Å². The zero-order valence-corrected chi connectivity index (χ0v) is 12.2. The first kappa shape index (κ1) is 12.5. The standard InChI is InChI=1S/C17H14N2OS/c20-16(18-13-7-8-13)12-6-9-14-15(10-12)21-17(19-14)11-4-2-1-3-5-11/h1-6,9-10,13H,7-8H2,(H,18,20). The maximum absolute atomic E-state index is 12.1. The summed E-state index contributed by atoms with van der Waals surface area (Å²) in [5, 5.41) is 4.01. The van der Waals surface area contributed by atoms with Crippen molar-refractivity contribution in [1.82, 2.24) is 10.3 Å². The van der Waals surface area contributed by atoms with E-state index in [4.69, 9.17) is 0 Å². The number of thiazole rings is 1. The van der Waals surface area contributed by atoms with Gasteiger partial charge in [-0.1, -0.05) is 30.3 Å². The number of aromatic nitrogens is 1. The molecule has 0 unspecified atom stereocenters. The number of carbonyl (C=O) groups excluding carboxylic acids is 1. The number of benzene rings is 2. The van der Waals surface area contributed by atoms with Gasteiger partial charge in [-0.15, -0.1) is 11.3 Å². The van der Waals surface area contributed by atoms with E-state index in [1.165, 1.54) is 0 Å². The zero-order chi connectivity index (χ0) is 14.2. The molecule has 3 aromatic rings. The Balaban J connectivity index is 1.69. The largest absolute Gasteiger partial charge is 0.349 e. The topological polar surface area (TPSA) is 42.0 Å².